The van der Waals surface area contributed by atoms with E-state index in [1.54, 1.807) is 21.3 Å². The lowest BCUT2D eigenvalue weighted by Crippen LogP contribution is -2.59. The van der Waals surface area contributed by atoms with Crippen LogP contribution in [0.4, 0.5) is 17.5 Å². The zero-order valence-electron chi connectivity index (χ0n) is 22.7. The minimum Gasteiger partial charge on any atom is -0.493 e. The summed E-state index contributed by atoms with van der Waals surface area (Å²) in [5.74, 6) is 0.755. The van der Waals surface area contributed by atoms with E-state index in [0.717, 1.165) is 27.7 Å². The number of hydrogen-bond acceptors (Lipinski definition) is 14. The quantitative estimate of drug-likeness (QED) is 0.162. The van der Waals surface area contributed by atoms with Gasteiger partial charge in [-0.05, 0) is 24.1 Å². The molecule has 4 rings (SSSR count). The van der Waals surface area contributed by atoms with Crippen molar-refractivity contribution < 1.29 is 54.8 Å². The lowest BCUT2D eigenvalue weighted by atomic mass is 9.99. The van der Waals surface area contributed by atoms with Gasteiger partial charge in [-0.15, -0.1) is 0 Å². The molecule has 0 bridgehead atoms. The fourth-order valence-corrected chi connectivity index (χ4v) is 4.12. The van der Waals surface area contributed by atoms with Crippen LogP contribution in [0.5, 0.6) is 17.2 Å². The molecule has 0 spiro atoms. The first-order valence-electron chi connectivity index (χ1n) is 11.9. The van der Waals surface area contributed by atoms with Crippen LogP contribution < -0.4 is 31.0 Å². The van der Waals surface area contributed by atoms with E-state index < -0.39 is 36.7 Å². The van der Waals surface area contributed by atoms with Crippen molar-refractivity contribution >= 4 is 34.3 Å². The first-order chi connectivity index (χ1) is 18.9. The molecule has 5 atom stereocenters. The molecule has 2 heterocycles. The summed E-state index contributed by atoms with van der Waals surface area (Å²) in [7, 11) is 4.75. The van der Waals surface area contributed by atoms with Crippen molar-refractivity contribution in [2.24, 2.45) is 0 Å². The Hall–Kier alpha value is -4.19. The number of ether oxygens (including phenoxy) is 4. The maximum Gasteiger partial charge on any atom is 0.335 e. The van der Waals surface area contributed by atoms with Crippen molar-refractivity contribution in [2.75, 3.05) is 38.1 Å². The smallest absolute Gasteiger partial charge is 0.335 e. The number of aliphatic carboxylic acids is 1. The van der Waals surface area contributed by atoms with Gasteiger partial charge in [0.25, 0.3) is 0 Å². The van der Waals surface area contributed by atoms with Gasteiger partial charge >= 0.3 is 5.97 Å². The van der Waals surface area contributed by atoms with Crippen LogP contribution in [-0.2, 0) is 16.1 Å². The Labute approximate surface area is 234 Å². The normalized spacial score (nSPS) is 21.6. The molecule has 226 valence electrons. The predicted molar refractivity (Wildman–Crippen MR) is 147 cm³/mol. The van der Waals surface area contributed by atoms with Crippen LogP contribution in [-0.4, -0.2) is 99.0 Å². The van der Waals surface area contributed by atoms with Crippen molar-refractivity contribution in [3.05, 3.63) is 35.4 Å². The first-order valence-corrected chi connectivity index (χ1v) is 11.9. The number of aryl methyl sites for hydroxylation is 1. The average molecular weight is 582 g/mol. The SMILES string of the molecule is COc1cc(NCc2ccc3nc(N)nc(N)c3c2C)cc(OC)c1OC.O.O=C(O)[C@H]1OC(O)[C@H](O)[C@@H](O)[C@@H]1O. The number of nitrogens with zero attached hydrogens (tertiary/aromatic N) is 2. The molecule has 1 aliphatic heterocycles. The van der Waals surface area contributed by atoms with E-state index in [2.05, 4.69) is 20.0 Å². The van der Waals surface area contributed by atoms with Crippen LogP contribution in [0.1, 0.15) is 11.1 Å². The molecule has 0 aliphatic carbocycles. The second-order valence-electron chi connectivity index (χ2n) is 8.74. The molecule has 12 N–H and O–H groups in total. The van der Waals surface area contributed by atoms with E-state index in [4.69, 9.17) is 51.2 Å². The summed E-state index contributed by atoms with van der Waals surface area (Å²) >= 11 is 0. The number of nitrogens with one attached hydrogen (secondary N) is 1. The first kappa shape index (κ1) is 33.0. The summed E-state index contributed by atoms with van der Waals surface area (Å²) < 4.78 is 20.5. The highest BCUT2D eigenvalue weighted by molar-refractivity contribution is 5.92. The lowest BCUT2D eigenvalue weighted by Gasteiger charge is -2.36. The molecule has 0 radical (unpaired) electrons. The summed E-state index contributed by atoms with van der Waals surface area (Å²) in [6, 6.07) is 7.60. The van der Waals surface area contributed by atoms with Gasteiger partial charge in [0.2, 0.25) is 11.7 Å². The number of methoxy groups -OCH3 is 3. The zero-order chi connectivity index (χ0) is 29.7. The van der Waals surface area contributed by atoms with Gasteiger partial charge in [0, 0.05) is 29.8 Å². The molecule has 0 amide bonds. The molecule has 1 fully saturated rings. The van der Waals surface area contributed by atoms with E-state index in [9.17, 15) is 4.79 Å². The molecule has 41 heavy (non-hydrogen) atoms. The number of aromatic nitrogens is 2. The third-order valence-electron chi connectivity index (χ3n) is 6.26. The number of nitrogen functional groups attached to an aromatic ring is 2. The van der Waals surface area contributed by atoms with Crippen LogP contribution in [0.15, 0.2) is 24.3 Å². The van der Waals surface area contributed by atoms with Crippen molar-refractivity contribution in [3.8, 4) is 17.2 Å². The standard InChI is InChI=1S/C19H23N5O3.C6H10O7.H2O/c1-10-11(5-6-13-16(10)18(20)24-19(21)23-13)9-22-12-7-14(25-2)17(27-4)15(8-12)26-3;7-1-2(8)4(5(10)11)13-6(12)3(1)9;/h5-8,22H,9H2,1-4H3,(H4,20,21,23,24);1-4,6-9,12H,(H,10,11);1H2/t;1-,2-,3+,4-,6?;/m.0./s1. The Morgan fingerprint density at radius 1 is 0.976 bits per heavy atom. The van der Waals surface area contributed by atoms with Gasteiger partial charge in [-0.25, -0.2) is 9.78 Å². The van der Waals surface area contributed by atoms with Gasteiger partial charge < -0.3 is 66.7 Å². The number of hydrogen-bond donors (Lipinski definition) is 8. The third kappa shape index (κ3) is 7.12. The Balaban J connectivity index is 0.000000355. The van der Waals surface area contributed by atoms with Gasteiger partial charge in [-0.3, -0.25) is 0 Å². The molecule has 16 heteroatoms. The van der Waals surface area contributed by atoms with E-state index in [1.165, 1.54) is 0 Å². The van der Waals surface area contributed by atoms with E-state index in [1.807, 2.05) is 31.2 Å². The van der Waals surface area contributed by atoms with Crippen LogP contribution in [0, 0.1) is 6.92 Å². The van der Waals surface area contributed by atoms with Gasteiger partial charge in [0.15, 0.2) is 23.9 Å². The zero-order valence-corrected chi connectivity index (χ0v) is 22.7. The highest BCUT2D eigenvalue weighted by Gasteiger charge is 2.46. The second-order valence-corrected chi connectivity index (χ2v) is 8.74. The Bertz CT molecular complexity index is 1330. The van der Waals surface area contributed by atoms with Gasteiger partial charge in [-0.1, -0.05) is 6.07 Å². The summed E-state index contributed by atoms with van der Waals surface area (Å²) in [6.07, 6.45) is -8.72. The molecular formula is C25H35N5O11. The van der Waals surface area contributed by atoms with E-state index in [-0.39, 0.29) is 11.4 Å². The maximum absolute atomic E-state index is 10.4. The molecule has 1 unspecified atom stereocenters. The Kier molecular flexibility index (Phi) is 11.2. The summed E-state index contributed by atoms with van der Waals surface area (Å²) in [5, 5.41) is 48.5. The minimum absolute atomic E-state index is 0. The fourth-order valence-electron chi connectivity index (χ4n) is 4.12. The molecule has 3 aromatic rings. The number of benzene rings is 2. The van der Waals surface area contributed by atoms with E-state index in [0.29, 0.717) is 29.6 Å². The fraction of sp³-hybridized carbons (Fsp3) is 0.400. The predicted octanol–water partition coefficient (Wildman–Crippen LogP) is -1.21. The number of fused-ring (bicyclic) bond motifs is 1. The van der Waals surface area contributed by atoms with Crippen molar-refractivity contribution in [3.63, 3.8) is 0 Å². The molecule has 2 aromatic carbocycles. The van der Waals surface area contributed by atoms with Gasteiger partial charge in [0.05, 0.1) is 26.8 Å². The monoisotopic (exact) mass is 581 g/mol. The van der Waals surface area contributed by atoms with Crippen molar-refractivity contribution in [1.29, 1.82) is 0 Å². The van der Waals surface area contributed by atoms with Gasteiger partial charge in [-0.2, -0.15) is 4.98 Å². The molecule has 1 aromatic heterocycles. The third-order valence-corrected chi connectivity index (χ3v) is 6.26. The number of carbonyl (C=O) groups is 1. The highest BCUT2D eigenvalue weighted by atomic mass is 16.6. The number of nitrogens with two attached hydrogens (primary N) is 2. The summed E-state index contributed by atoms with van der Waals surface area (Å²) in [4.78, 5) is 18.7. The molecule has 1 saturated heterocycles. The number of aliphatic hydroxyl groups excluding tert-OH is 4. The molecule has 0 saturated carbocycles. The number of carboxylic acids is 1. The number of rotatable bonds is 7. The van der Waals surface area contributed by atoms with Crippen LogP contribution in [0.25, 0.3) is 10.9 Å². The van der Waals surface area contributed by atoms with Gasteiger partial charge in [0.1, 0.15) is 24.1 Å². The summed E-state index contributed by atoms with van der Waals surface area (Å²) in [5.41, 5.74) is 15.4. The topological polar surface area (TPSA) is 276 Å². The second kappa shape index (κ2) is 13.9. The van der Waals surface area contributed by atoms with Crippen molar-refractivity contribution in [1.82, 2.24) is 9.97 Å². The Morgan fingerprint density at radius 3 is 2.12 bits per heavy atom. The summed E-state index contributed by atoms with van der Waals surface area (Å²) in [6.45, 7) is 2.56. The molecule has 16 nitrogen and oxygen atoms in total. The molecule has 1 aliphatic rings. The van der Waals surface area contributed by atoms with E-state index >= 15 is 0 Å². The van der Waals surface area contributed by atoms with Crippen LogP contribution in [0.2, 0.25) is 0 Å². The maximum atomic E-state index is 10.4. The lowest BCUT2D eigenvalue weighted by molar-refractivity contribution is -0.279. The average Bonchev–Trinajstić information content (AvgIpc) is 2.92. The van der Waals surface area contributed by atoms with Crippen molar-refractivity contribution in [2.45, 2.75) is 44.2 Å². The highest BCUT2D eigenvalue weighted by Crippen LogP contribution is 2.40. The number of aliphatic hydroxyl groups is 4. The Morgan fingerprint density at radius 2 is 1.59 bits per heavy atom. The largest absolute Gasteiger partial charge is 0.493 e. The number of carboxylic acid groups (broad SMARTS) is 1. The molecular weight excluding hydrogens is 546 g/mol. The van der Waals surface area contributed by atoms with Crippen LogP contribution in [0.3, 0.4) is 0 Å². The van der Waals surface area contributed by atoms with Crippen LogP contribution >= 0.6 is 0 Å². The minimum atomic E-state index is -1.81. The number of anilines is 3.